The molecule has 0 aromatic heterocycles. The first kappa shape index (κ1) is 14.3. The van der Waals surface area contributed by atoms with Crippen LogP contribution in [0.4, 0.5) is 0 Å². The Balaban J connectivity index is 1.72. The summed E-state index contributed by atoms with van der Waals surface area (Å²) in [6.07, 6.45) is 9.10. The van der Waals surface area contributed by atoms with E-state index in [2.05, 4.69) is 16.3 Å². The average molecular weight is 263 g/mol. The zero-order chi connectivity index (χ0) is 13.5. The number of hydrogen-bond donors (Lipinski definition) is 1. The number of carbonyl (C=O) groups excluding carboxylic acids is 1. The zero-order valence-corrected chi connectivity index (χ0v) is 11.7. The molecular weight excluding hydrogens is 238 g/mol. The van der Waals surface area contributed by atoms with Gasteiger partial charge in [-0.05, 0) is 25.7 Å². The Morgan fingerprint density at radius 2 is 1.74 bits per heavy atom. The molecular formula is C15H25N3O. The highest BCUT2D eigenvalue weighted by Crippen LogP contribution is 2.23. The topological polar surface area (TPSA) is 56.1 Å². The second kappa shape index (κ2) is 7.49. The van der Waals surface area contributed by atoms with Gasteiger partial charge in [0.1, 0.15) is 0 Å². The van der Waals surface area contributed by atoms with Crippen molar-refractivity contribution in [3.8, 4) is 6.07 Å². The molecule has 2 aliphatic rings. The number of likely N-dealkylation sites (tertiary alicyclic amines) is 1. The molecule has 0 radical (unpaired) electrons. The molecule has 1 aliphatic carbocycles. The lowest BCUT2D eigenvalue weighted by atomic mass is 9.97. The summed E-state index contributed by atoms with van der Waals surface area (Å²) in [5, 5.41) is 11.9. The van der Waals surface area contributed by atoms with Gasteiger partial charge in [0.15, 0.2) is 0 Å². The summed E-state index contributed by atoms with van der Waals surface area (Å²) in [6.45, 7) is 2.38. The molecule has 1 N–H and O–H groups in total. The Morgan fingerprint density at radius 1 is 1.11 bits per heavy atom. The molecule has 0 unspecified atom stereocenters. The first-order valence-electron chi connectivity index (χ1n) is 7.69. The van der Waals surface area contributed by atoms with Crippen LogP contribution in [0.1, 0.15) is 51.4 Å². The number of hydrogen-bond acceptors (Lipinski definition) is 3. The van der Waals surface area contributed by atoms with Crippen LogP contribution in [-0.2, 0) is 4.79 Å². The van der Waals surface area contributed by atoms with E-state index in [-0.39, 0.29) is 11.8 Å². The summed E-state index contributed by atoms with van der Waals surface area (Å²) >= 11 is 0. The fourth-order valence-corrected chi connectivity index (χ4v) is 3.20. The summed E-state index contributed by atoms with van der Waals surface area (Å²) < 4.78 is 0. The Labute approximate surface area is 116 Å². The lowest BCUT2D eigenvalue weighted by Crippen LogP contribution is -2.46. The third-order valence-electron chi connectivity index (χ3n) is 4.45. The van der Waals surface area contributed by atoms with Gasteiger partial charge in [0, 0.05) is 25.0 Å². The van der Waals surface area contributed by atoms with E-state index in [4.69, 9.17) is 5.26 Å². The predicted molar refractivity (Wildman–Crippen MR) is 74.4 cm³/mol. The third kappa shape index (κ3) is 4.50. The fourth-order valence-electron chi connectivity index (χ4n) is 3.20. The lowest BCUT2D eigenvalue weighted by molar-refractivity contribution is -0.126. The largest absolute Gasteiger partial charge is 0.353 e. The van der Waals surface area contributed by atoms with Gasteiger partial charge in [0.2, 0.25) is 5.91 Å². The normalized spacial score (nSPS) is 23.5. The standard InChI is InChI=1S/C15H25N3O/c16-9-12-18-10-7-14(8-11-18)17-15(19)13-5-3-1-2-4-6-13/h13-14H,1-8,10-12H2,(H,17,19). The van der Waals surface area contributed by atoms with Gasteiger partial charge < -0.3 is 5.32 Å². The van der Waals surface area contributed by atoms with Crippen LogP contribution in [0.15, 0.2) is 0 Å². The van der Waals surface area contributed by atoms with Crippen molar-refractivity contribution >= 4 is 5.91 Å². The van der Waals surface area contributed by atoms with Gasteiger partial charge in [-0.2, -0.15) is 5.26 Å². The second-order valence-electron chi connectivity index (χ2n) is 5.91. The van der Waals surface area contributed by atoms with Gasteiger partial charge in [-0.1, -0.05) is 25.7 Å². The van der Waals surface area contributed by atoms with E-state index in [1.54, 1.807) is 0 Å². The summed E-state index contributed by atoms with van der Waals surface area (Å²) in [5.41, 5.74) is 0. The van der Waals surface area contributed by atoms with E-state index in [1.807, 2.05) is 0 Å². The highest BCUT2D eigenvalue weighted by Gasteiger charge is 2.25. The minimum absolute atomic E-state index is 0.250. The van der Waals surface area contributed by atoms with E-state index in [0.29, 0.717) is 12.6 Å². The summed E-state index contributed by atoms with van der Waals surface area (Å²) in [6, 6.07) is 2.51. The highest BCUT2D eigenvalue weighted by molar-refractivity contribution is 5.78. The first-order valence-corrected chi connectivity index (χ1v) is 7.69. The minimum Gasteiger partial charge on any atom is -0.353 e. The molecule has 0 aromatic rings. The van der Waals surface area contributed by atoms with Crippen molar-refractivity contribution in [1.29, 1.82) is 5.26 Å². The molecule has 1 saturated heterocycles. The van der Waals surface area contributed by atoms with E-state index < -0.39 is 0 Å². The Bertz CT molecular complexity index is 321. The molecule has 4 heteroatoms. The smallest absolute Gasteiger partial charge is 0.223 e. The second-order valence-corrected chi connectivity index (χ2v) is 5.91. The van der Waals surface area contributed by atoms with E-state index >= 15 is 0 Å². The summed E-state index contributed by atoms with van der Waals surface area (Å²) in [7, 11) is 0. The fraction of sp³-hybridized carbons (Fsp3) is 0.867. The molecule has 1 amide bonds. The van der Waals surface area contributed by atoms with Crippen molar-refractivity contribution in [3.05, 3.63) is 0 Å². The third-order valence-corrected chi connectivity index (χ3v) is 4.45. The molecule has 4 nitrogen and oxygen atoms in total. The monoisotopic (exact) mass is 263 g/mol. The molecule has 2 fully saturated rings. The molecule has 2 rings (SSSR count). The quantitative estimate of drug-likeness (QED) is 0.626. The number of amides is 1. The van der Waals surface area contributed by atoms with Crippen molar-refractivity contribution in [2.45, 2.75) is 57.4 Å². The highest BCUT2D eigenvalue weighted by atomic mass is 16.1. The van der Waals surface area contributed by atoms with Gasteiger partial charge >= 0.3 is 0 Å². The van der Waals surface area contributed by atoms with E-state index in [1.165, 1.54) is 25.7 Å². The number of rotatable bonds is 3. The molecule has 0 bridgehead atoms. The minimum atomic E-state index is 0.250. The maximum absolute atomic E-state index is 12.2. The van der Waals surface area contributed by atoms with Crippen LogP contribution in [0.2, 0.25) is 0 Å². The van der Waals surface area contributed by atoms with Gasteiger partial charge in [-0.3, -0.25) is 9.69 Å². The van der Waals surface area contributed by atoms with Crippen molar-refractivity contribution in [2.75, 3.05) is 19.6 Å². The molecule has 19 heavy (non-hydrogen) atoms. The molecule has 1 heterocycles. The number of nitriles is 1. The van der Waals surface area contributed by atoms with Crippen LogP contribution in [0.25, 0.3) is 0 Å². The van der Waals surface area contributed by atoms with Crippen LogP contribution in [0, 0.1) is 17.2 Å². The number of piperidine rings is 1. The van der Waals surface area contributed by atoms with Crippen molar-refractivity contribution in [1.82, 2.24) is 10.2 Å². The van der Waals surface area contributed by atoms with Crippen molar-refractivity contribution < 1.29 is 4.79 Å². The molecule has 0 atom stereocenters. The van der Waals surface area contributed by atoms with Gasteiger partial charge in [0.05, 0.1) is 12.6 Å². The maximum Gasteiger partial charge on any atom is 0.223 e. The Kier molecular flexibility index (Phi) is 5.65. The van der Waals surface area contributed by atoms with Crippen LogP contribution >= 0.6 is 0 Å². The summed E-state index contributed by atoms with van der Waals surface area (Å²) in [5.74, 6) is 0.528. The molecule has 1 saturated carbocycles. The van der Waals surface area contributed by atoms with Gasteiger partial charge in [-0.15, -0.1) is 0 Å². The first-order chi connectivity index (χ1) is 9.29. The van der Waals surface area contributed by atoms with Crippen LogP contribution in [0.5, 0.6) is 0 Å². The molecule has 0 aromatic carbocycles. The van der Waals surface area contributed by atoms with E-state index in [0.717, 1.165) is 38.8 Å². The number of carbonyl (C=O) groups is 1. The number of nitrogens with one attached hydrogen (secondary N) is 1. The maximum atomic E-state index is 12.2. The predicted octanol–water partition coefficient (Wildman–Crippen LogP) is 2.06. The van der Waals surface area contributed by atoms with Gasteiger partial charge in [0.25, 0.3) is 0 Å². The molecule has 106 valence electrons. The van der Waals surface area contributed by atoms with E-state index in [9.17, 15) is 4.79 Å². The Morgan fingerprint density at radius 3 is 2.32 bits per heavy atom. The number of nitrogens with zero attached hydrogens (tertiary/aromatic N) is 2. The lowest BCUT2D eigenvalue weighted by Gasteiger charge is -2.31. The molecule has 0 spiro atoms. The van der Waals surface area contributed by atoms with Crippen LogP contribution in [0.3, 0.4) is 0 Å². The van der Waals surface area contributed by atoms with Crippen LogP contribution < -0.4 is 5.32 Å². The average Bonchev–Trinajstić information content (AvgIpc) is 2.70. The molecule has 1 aliphatic heterocycles. The summed E-state index contributed by atoms with van der Waals surface area (Å²) in [4.78, 5) is 14.4. The van der Waals surface area contributed by atoms with Crippen molar-refractivity contribution in [3.63, 3.8) is 0 Å². The Hall–Kier alpha value is -1.08. The van der Waals surface area contributed by atoms with Crippen LogP contribution in [-0.4, -0.2) is 36.5 Å². The zero-order valence-electron chi connectivity index (χ0n) is 11.7. The van der Waals surface area contributed by atoms with Gasteiger partial charge in [-0.25, -0.2) is 0 Å². The SMILES string of the molecule is N#CCN1CCC(NC(=O)C2CCCCCC2)CC1. The van der Waals surface area contributed by atoms with Crippen molar-refractivity contribution in [2.24, 2.45) is 5.92 Å².